The molecule has 1 aliphatic rings. The van der Waals surface area contributed by atoms with Crippen LogP contribution in [0.25, 0.3) is 0 Å². The lowest BCUT2D eigenvalue weighted by Crippen LogP contribution is -2.28. The monoisotopic (exact) mass is 413 g/mol. The van der Waals surface area contributed by atoms with E-state index in [2.05, 4.69) is 5.32 Å². The molecule has 1 aliphatic heterocycles. The number of rotatable bonds is 6. The van der Waals surface area contributed by atoms with Crippen molar-refractivity contribution in [2.45, 2.75) is 4.58 Å². The van der Waals surface area contributed by atoms with Gasteiger partial charge in [0, 0.05) is 17.1 Å². The van der Waals surface area contributed by atoms with Crippen molar-refractivity contribution in [3.05, 3.63) is 63.6 Å². The molecule has 0 saturated carbocycles. The number of benzene rings is 2. The van der Waals surface area contributed by atoms with Crippen molar-refractivity contribution < 1.29 is 9.53 Å². The Bertz CT molecular complexity index is 734. The molecule has 1 fully saturated rings. The number of carbonyl (C=O) groups excluding carboxylic acids is 1. The van der Waals surface area contributed by atoms with E-state index in [1.54, 1.807) is 18.2 Å². The van der Waals surface area contributed by atoms with Crippen LogP contribution in [0, 0.1) is 0 Å². The quantitative estimate of drug-likeness (QED) is 0.653. The van der Waals surface area contributed by atoms with Gasteiger partial charge >= 0.3 is 0 Å². The van der Waals surface area contributed by atoms with Gasteiger partial charge < -0.3 is 10.1 Å². The molecule has 3 nitrogen and oxygen atoms in total. The highest BCUT2D eigenvalue weighted by molar-refractivity contribution is 8.19. The molecular formula is C18H17Cl2NO2S2. The minimum Gasteiger partial charge on any atom is -0.490 e. The molecule has 0 unspecified atom stereocenters. The van der Waals surface area contributed by atoms with E-state index in [0.717, 1.165) is 0 Å². The molecule has 0 aromatic heterocycles. The van der Waals surface area contributed by atoms with Gasteiger partial charge in [-0.3, -0.25) is 4.79 Å². The summed E-state index contributed by atoms with van der Waals surface area (Å²) in [4.78, 5) is 12.2. The molecule has 1 saturated heterocycles. The molecule has 1 N–H and O–H groups in total. The molecule has 132 valence electrons. The van der Waals surface area contributed by atoms with Gasteiger partial charge in [-0.1, -0.05) is 41.4 Å². The predicted molar refractivity (Wildman–Crippen MR) is 108 cm³/mol. The lowest BCUT2D eigenvalue weighted by atomic mass is 10.1. The van der Waals surface area contributed by atoms with Crippen LogP contribution in [0.1, 0.15) is 20.5 Å². The van der Waals surface area contributed by atoms with Gasteiger partial charge in [0.2, 0.25) is 0 Å². The molecule has 1 amide bonds. The Hall–Kier alpha value is -1.01. The van der Waals surface area contributed by atoms with Gasteiger partial charge in [-0.05, 0) is 29.8 Å². The molecule has 0 aliphatic carbocycles. The molecule has 3 rings (SSSR count). The second kappa shape index (κ2) is 9.08. The summed E-state index contributed by atoms with van der Waals surface area (Å²) in [6, 6.07) is 13.0. The molecule has 25 heavy (non-hydrogen) atoms. The van der Waals surface area contributed by atoms with E-state index < -0.39 is 0 Å². The number of nitrogens with one attached hydrogen (secondary N) is 1. The summed E-state index contributed by atoms with van der Waals surface area (Å²) in [6.07, 6.45) is 0. The minimum absolute atomic E-state index is 0.112. The Kier molecular flexibility index (Phi) is 6.82. The number of thioether (sulfide) groups is 2. The summed E-state index contributed by atoms with van der Waals surface area (Å²) < 4.78 is 6.05. The second-order valence-corrected chi connectivity index (χ2v) is 8.86. The summed E-state index contributed by atoms with van der Waals surface area (Å²) in [5, 5.41) is 3.67. The average Bonchev–Trinajstić information content (AvgIpc) is 3.17. The van der Waals surface area contributed by atoms with Crippen LogP contribution < -0.4 is 10.1 Å². The predicted octanol–water partition coefficient (Wildman–Crippen LogP) is 5.28. The standard InChI is InChI=1S/C18H17Cl2NO2S2/c19-14-2-1-3-15(16(14)20)23-9-8-21-17(22)12-4-6-13(7-5-12)18-24-10-11-25-18/h1-7,18H,8-11H2,(H,21,22). The lowest BCUT2D eigenvalue weighted by Gasteiger charge is -2.11. The van der Waals surface area contributed by atoms with Crippen LogP contribution in [0.15, 0.2) is 42.5 Å². The third-order valence-corrected chi connectivity index (χ3v) is 7.53. The van der Waals surface area contributed by atoms with Gasteiger partial charge in [-0.25, -0.2) is 0 Å². The van der Waals surface area contributed by atoms with Crippen LogP contribution in [0.2, 0.25) is 10.0 Å². The maximum absolute atomic E-state index is 12.2. The summed E-state index contributed by atoms with van der Waals surface area (Å²) in [6.45, 7) is 0.705. The zero-order chi connectivity index (χ0) is 17.6. The lowest BCUT2D eigenvalue weighted by molar-refractivity contribution is 0.0947. The maximum atomic E-state index is 12.2. The van der Waals surface area contributed by atoms with Crippen molar-refractivity contribution >= 4 is 52.6 Å². The molecule has 0 spiro atoms. The van der Waals surface area contributed by atoms with Crippen molar-refractivity contribution in [1.82, 2.24) is 5.32 Å². The highest BCUT2D eigenvalue weighted by atomic mass is 35.5. The van der Waals surface area contributed by atoms with E-state index in [-0.39, 0.29) is 5.91 Å². The fourth-order valence-electron chi connectivity index (χ4n) is 2.37. The highest BCUT2D eigenvalue weighted by Gasteiger charge is 2.18. The van der Waals surface area contributed by atoms with Gasteiger partial charge in [0.1, 0.15) is 17.4 Å². The maximum Gasteiger partial charge on any atom is 0.251 e. The highest BCUT2D eigenvalue weighted by Crippen LogP contribution is 2.45. The second-order valence-electron chi connectivity index (χ2n) is 5.35. The van der Waals surface area contributed by atoms with Gasteiger partial charge in [0.15, 0.2) is 0 Å². The Morgan fingerprint density at radius 1 is 1.12 bits per heavy atom. The van der Waals surface area contributed by atoms with E-state index in [9.17, 15) is 4.79 Å². The van der Waals surface area contributed by atoms with Gasteiger partial charge in [-0.2, -0.15) is 0 Å². The SMILES string of the molecule is O=C(NCCOc1cccc(Cl)c1Cl)c1ccc(C2SCCS2)cc1. The number of ether oxygens (including phenoxy) is 1. The summed E-state index contributed by atoms with van der Waals surface area (Å²) in [5.41, 5.74) is 1.92. The average molecular weight is 414 g/mol. The summed E-state index contributed by atoms with van der Waals surface area (Å²) in [7, 11) is 0. The van der Waals surface area contributed by atoms with Crippen molar-refractivity contribution in [2.24, 2.45) is 0 Å². The first-order valence-corrected chi connectivity index (χ1v) is 10.7. The van der Waals surface area contributed by atoms with Gasteiger partial charge in [0.25, 0.3) is 5.91 Å². The molecule has 0 bridgehead atoms. The topological polar surface area (TPSA) is 38.3 Å². The smallest absolute Gasteiger partial charge is 0.251 e. The molecule has 0 atom stereocenters. The van der Waals surface area contributed by atoms with Crippen LogP contribution in [-0.4, -0.2) is 30.6 Å². The number of halogens is 2. The number of carbonyl (C=O) groups is 1. The third-order valence-electron chi connectivity index (χ3n) is 3.63. The fourth-order valence-corrected chi connectivity index (χ4v) is 5.57. The van der Waals surface area contributed by atoms with E-state index in [1.165, 1.54) is 17.1 Å². The van der Waals surface area contributed by atoms with Gasteiger partial charge in [-0.15, -0.1) is 23.5 Å². The van der Waals surface area contributed by atoms with Crippen molar-refractivity contribution in [2.75, 3.05) is 24.7 Å². The van der Waals surface area contributed by atoms with E-state index in [0.29, 0.717) is 39.1 Å². The minimum atomic E-state index is -0.112. The molecule has 2 aromatic carbocycles. The van der Waals surface area contributed by atoms with Gasteiger partial charge in [0.05, 0.1) is 16.1 Å². The Morgan fingerprint density at radius 2 is 1.84 bits per heavy atom. The van der Waals surface area contributed by atoms with E-state index in [4.69, 9.17) is 27.9 Å². The van der Waals surface area contributed by atoms with E-state index >= 15 is 0 Å². The van der Waals surface area contributed by atoms with Crippen molar-refractivity contribution in [3.63, 3.8) is 0 Å². The number of amides is 1. The fraction of sp³-hybridized carbons (Fsp3) is 0.278. The van der Waals surface area contributed by atoms with Crippen LogP contribution in [0.3, 0.4) is 0 Å². The number of hydrogen-bond acceptors (Lipinski definition) is 4. The first kappa shape index (κ1) is 18.8. The molecule has 0 radical (unpaired) electrons. The Labute approximate surface area is 165 Å². The zero-order valence-corrected chi connectivity index (χ0v) is 16.5. The van der Waals surface area contributed by atoms with Crippen molar-refractivity contribution in [3.8, 4) is 5.75 Å². The summed E-state index contributed by atoms with van der Waals surface area (Å²) >= 11 is 15.9. The Balaban J connectivity index is 1.46. The summed E-state index contributed by atoms with van der Waals surface area (Å²) in [5.74, 6) is 2.78. The van der Waals surface area contributed by atoms with Crippen LogP contribution in [-0.2, 0) is 0 Å². The normalized spacial score (nSPS) is 14.5. The van der Waals surface area contributed by atoms with Crippen LogP contribution in [0.5, 0.6) is 5.75 Å². The third kappa shape index (κ3) is 5.00. The Morgan fingerprint density at radius 3 is 2.56 bits per heavy atom. The molecular weight excluding hydrogens is 397 g/mol. The molecule has 7 heteroatoms. The zero-order valence-electron chi connectivity index (χ0n) is 13.3. The first-order valence-electron chi connectivity index (χ1n) is 7.83. The molecule has 1 heterocycles. The van der Waals surface area contributed by atoms with E-state index in [1.807, 2.05) is 47.8 Å². The molecule has 2 aromatic rings. The largest absolute Gasteiger partial charge is 0.490 e. The van der Waals surface area contributed by atoms with Crippen LogP contribution >= 0.6 is 46.7 Å². The van der Waals surface area contributed by atoms with Crippen molar-refractivity contribution in [1.29, 1.82) is 0 Å². The van der Waals surface area contributed by atoms with Crippen LogP contribution in [0.4, 0.5) is 0 Å². The number of hydrogen-bond donors (Lipinski definition) is 1. The first-order chi connectivity index (χ1) is 12.1.